The number of ether oxygens (including phenoxy) is 1. The van der Waals surface area contributed by atoms with Gasteiger partial charge in [0.1, 0.15) is 18.7 Å². The minimum atomic E-state index is -1.19. The lowest BCUT2D eigenvalue weighted by molar-refractivity contribution is -0.164. The van der Waals surface area contributed by atoms with Gasteiger partial charge >= 0.3 is 6.09 Å². The van der Waals surface area contributed by atoms with E-state index in [0.717, 1.165) is 11.1 Å². The minimum Gasteiger partial charge on any atom is -0.445 e. The topological polar surface area (TPSA) is 173 Å². The van der Waals surface area contributed by atoms with Gasteiger partial charge in [-0.1, -0.05) is 74.5 Å². The minimum absolute atomic E-state index is 0.0232. The number of alkyl carbamates (subject to hydrolysis) is 1. The monoisotopic (exact) mass is 627 g/mol. The van der Waals surface area contributed by atoms with Crippen molar-refractivity contribution in [3.63, 3.8) is 0 Å². The largest absolute Gasteiger partial charge is 0.445 e. The predicted octanol–water partition coefficient (Wildman–Crippen LogP) is 2.45. The zero-order valence-electron chi connectivity index (χ0n) is 26.6. The summed E-state index contributed by atoms with van der Waals surface area (Å²) in [5.74, 6) is -2.47. The molecule has 13 heteroatoms. The number of hydrogen-bond donors (Lipinski definition) is 5. The van der Waals surface area contributed by atoms with E-state index in [1.165, 1.54) is 6.92 Å². The zero-order valence-corrected chi connectivity index (χ0v) is 26.6. The summed E-state index contributed by atoms with van der Waals surface area (Å²) in [4.78, 5) is 74.2. The Labute approximate surface area is 264 Å². The van der Waals surface area contributed by atoms with E-state index in [-0.39, 0.29) is 37.3 Å². The second-order valence-corrected chi connectivity index (χ2v) is 11.3. The molecule has 0 spiro atoms. The second kappa shape index (κ2) is 19.0. The van der Waals surface area contributed by atoms with Crippen LogP contribution in [-0.2, 0) is 46.6 Å². The highest BCUT2D eigenvalue weighted by molar-refractivity contribution is 5.89. The lowest BCUT2D eigenvalue weighted by atomic mass is 10.1. The quantitative estimate of drug-likeness (QED) is 0.166. The molecular weight excluding hydrogens is 582 g/mol. The fourth-order valence-corrected chi connectivity index (χ4v) is 3.85. The molecule has 5 N–H and O–H groups in total. The average Bonchev–Trinajstić information content (AvgIpc) is 3.00. The number of carbonyl (C=O) groups is 5. The van der Waals surface area contributed by atoms with Crippen LogP contribution in [0.1, 0.15) is 59.1 Å². The molecule has 0 bridgehead atoms. The van der Waals surface area contributed by atoms with Crippen molar-refractivity contribution in [1.82, 2.24) is 26.9 Å². The number of hydroxylamine groups is 2. The van der Waals surface area contributed by atoms with Gasteiger partial charge in [0.05, 0.1) is 0 Å². The Morgan fingerprint density at radius 1 is 0.600 bits per heavy atom. The van der Waals surface area contributed by atoms with Crippen LogP contribution in [0, 0.1) is 5.92 Å². The van der Waals surface area contributed by atoms with Crippen LogP contribution in [0.5, 0.6) is 0 Å². The number of amides is 5. The van der Waals surface area contributed by atoms with Gasteiger partial charge in [0.15, 0.2) is 12.2 Å². The first-order chi connectivity index (χ1) is 21.3. The number of carbonyl (C=O) groups excluding carboxylic acids is 5. The molecule has 0 radical (unpaired) electrons. The van der Waals surface area contributed by atoms with Crippen LogP contribution in [0.3, 0.4) is 0 Å². The molecule has 2 aromatic rings. The van der Waals surface area contributed by atoms with Crippen molar-refractivity contribution in [3.8, 4) is 0 Å². The molecule has 2 rings (SSSR count). The van der Waals surface area contributed by atoms with Gasteiger partial charge in [0.25, 0.3) is 17.7 Å². The first-order valence-corrected chi connectivity index (χ1v) is 14.9. The SMILES string of the molecule is CC(C)C[C@@H](ONC(=O)[C@@H](C)NC(=O)OCc1ccccc1)C(=O)NO[C@@H](Cc1ccccc1)C(=O)N[C@@H](C)C(=O)NC(C)C. The molecule has 45 heavy (non-hydrogen) atoms. The normalized spacial score (nSPS) is 13.6. The smallest absolute Gasteiger partial charge is 0.408 e. The lowest BCUT2D eigenvalue weighted by Crippen LogP contribution is -2.52. The third-order valence-corrected chi connectivity index (χ3v) is 6.26. The van der Waals surface area contributed by atoms with E-state index in [1.54, 1.807) is 57.2 Å². The first kappa shape index (κ1) is 36.7. The summed E-state index contributed by atoms with van der Waals surface area (Å²) in [6.45, 7) is 10.3. The molecule has 246 valence electrons. The predicted molar refractivity (Wildman–Crippen MR) is 166 cm³/mol. The van der Waals surface area contributed by atoms with Gasteiger partial charge in [0, 0.05) is 12.5 Å². The number of rotatable bonds is 17. The summed E-state index contributed by atoms with van der Waals surface area (Å²) in [7, 11) is 0. The van der Waals surface area contributed by atoms with Gasteiger partial charge in [-0.25, -0.2) is 15.8 Å². The molecule has 4 atom stereocenters. The Morgan fingerprint density at radius 3 is 1.71 bits per heavy atom. The standard InChI is InChI=1S/C32H45N5O8/c1-20(2)17-26(44-36-29(39)23(6)35-32(42)43-19-25-15-11-8-12-16-25)31(41)37-45-27(18-24-13-9-7-10-14-24)30(40)34-22(5)28(38)33-21(3)4/h7-16,20-23,26-27H,17-19H2,1-6H3,(H,33,38)(H,34,40)(H,35,42)(H,36,39)(H,37,41)/t22-,23+,26+,27-/m0/s1. The van der Waals surface area contributed by atoms with Crippen molar-refractivity contribution in [2.45, 2.75) is 91.3 Å². The van der Waals surface area contributed by atoms with E-state index in [2.05, 4.69) is 26.9 Å². The van der Waals surface area contributed by atoms with Crippen LogP contribution < -0.4 is 26.9 Å². The Bertz CT molecular complexity index is 1240. The summed E-state index contributed by atoms with van der Waals surface area (Å²) in [6, 6.07) is 16.1. The number of benzene rings is 2. The van der Waals surface area contributed by atoms with E-state index < -0.39 is 48.1 Å². The zero-order chi connectivity index (χ0) is 33.4. The Hall–Kier alpha value is -4.49. The van der Waals surface area contributed by atoms with E-state index in [4.69, 9.17) is 14.4 Å². The summed E-state index contributed by atoms with van der Waals surface area (Å²) in [5, 5.41) is 7.75. The van der Waals surface area contributed by atoms with Crippen LogP contribution in [0.25, 0.3) is 0 Å². The van der Waals surface area contributed by atoms with Crippen molar-refractivity contribution in [2.75, 3.05) is 0 Å². The molecule has 0 unspecified atom stereocenters. The molecule has 2 aromatic carbocycles. The number of nitrogens with one attached hydrogen (secondary N) is 5. The van der Waals surface area contributed by atoms with E-state index in [9.17, 15) is 24.0 Å². The van der Waals surface area contributed by atoms with E-state index in [0.29, 0.717) is 0 Å². The van der Waals surface area contributed by atoms with E-state index >= 15 is 0 Å². The summed E-state index contributed by atoms with van der Waals surface area (Å²) in [5.41, 5.74) is 6.02. The summed E-state index contributed by atoms with van der Waals surface area (Å²) in [6.07, 6.45) is -2.89. The third-order valence-electron chi connectivity index (χ3n) is 6.26. The van der Waals surface area contributed by atoms with E-state index in [1.807, 2.05) is 38.1 Å². The molecule has 0 aliphatic rings. The molecule has 0 aliphatic heterocycles. The molecule has 5 amide bonds. The van der Waals surface area contributed by atoms with Crippen LogP contribution in [0.4, 0.5) is 4.79 Å². The van der Waals surface area contributed by atoms with Gasteiger partial charge in [-0.2, -0.15) is 0 Å². The molecule has 0 aliphatic carbocycles. The fourth-order valence-electron chi connectivity index (χ4n) is 3.85. The van der Waals surface area contributed by atoms with Gasteiger partial charge in [-0.15, -0.1) is 0 Å². The maximum absolute atomic E-state index is 13.1. The van der Waals surface area contributed by atoms with Crippen molar-refractivity contribution >= 4 is 29.7 Å². The van der Waals surface area contributed by atoms with Crippen molar-refractivity contribution in [1.29, 1.82) is 0 Å². The van der Waals surface area contributed by atoms with Crippen LogP contribution >= 0.6 is 0 Å². The highest BCUT2D eigenvalue weighted by atomic mass is 16.7. The van der Waals surface area contributed by atoms with Crippen LogP contribution in [-0.4, -0.2) is 60.1 Å². The Balaban J connectivity index is 1.97. The molecule has 0 heterocycles. The highest BCUT2D eigenvalue weighted by Gasteiger charge is 2.29. The van der Waals surface area contributed by atoms with Crippen molar-refractivity contribution < 1.29 is 38.4 Å². The van der Waals surface area contributed by atoms with Crippen LogP contribution in [0.2, 0.25) is 0 Å². The average molecular weight is 628 g/mol. The van der Waals surface area contributed by atoms with Gasteiger partial charge in [-0.05, 0) is 51.2 Å². The summed E-state index contributed by atoms with van der Waals surface area (Å²) >= 11 is 0. The Morgan fingerprint density at radius 2 is 1.13 bits per heavy atom. The molecule has 0 saturated carbocycles. The third kappa shape index (κ3) is 14.2. The molecule has 0 fully saturated rings. The first-order valence-electron chi connectivity index (χ1n) is 14.9. The van der Waals surface area contributed by atoms with Crippen LogP contribution in [0.15, 0.2) is 60.7 Å². The van der Waals surface area contributed by atoms with Gasteiger partial charge < -0.3 is 20.7 Å². The number of hydrogen-bond acceptors (Lipinski definition) is 8. The molecule has 0 saturated heterocycles. The molecule has 13 nitrogen and oxygen atoms in total. The summed E-state index contributed by atoms with van der Waals surface area (Å²) < 4.78 is 5.13. The second-order valence-electron chi connectivity index (χ2n) is 11.3. The molecule has 0 aromatic heterocycles. The maximum atomic E-state index is 13.1. The lowest BCUT2D eigenvalue weighted by Gasteiger charge is -2.23. The van der Waals surface area contributed by atoms with Gasteiger partial charge in [0.2, 0.25) is 5.91 Å². The highest BCUT2D eigenvalue weighted by Crippen LogP contribution is 2.10. The maximum Gasteiger partial charge on any atom is 0.408 e. The molecular formula is C32H45N5O8. The van der Waals surface area contributed by atoms with Gasteiger partial charge in [-0.3, -0.25) is 28.9 Å². The fraction of sp³-hybridized carbons (Fsp3) is 0.469. The van der Waals surface area contributed by atoms with Crippen molar-refractivity contribution in [2.24, 2.45) is 5.92 Å². The van der Waals surface area contributed by atoms with Crippen molar-refractivity contribution in [3.05, 3.63) is 71.8 Å². The Kier molecular flexibility index (Phi) is 15.5.